The fourth-order valence-corrected chi connectivity index (χ4v) is 3.47. The van der Waals surface area contributed by atoms with Gasteiger partial charge in [0.05, 0.1) is 0 Å². The van der Waals surface area contributed by atoms with Gasteiger partial charge in [-0.15, -0.1) is 0 Å². The molecule has 1 aliphatic heterocycles. The highest BCUT2D eigenvalue weighted by molar-refractivity contribution is 5.73. The van der Waals surface area contributed by atoms with Crippen LogP contribution in [0.25, 0.3) is 0 Å². The smallest absolute Gasteiger partial charge is 0.335 e. The number of hydrogen-bond acceptors (Lipinski definition) is 7. The van der Waals surface area contributed by atoms with Crippen LogP contribution in [0.4, 0.5) is 0 Å². The van der Waals surface area contributed by atoms with Crippen LogP contribution in [0.1, 0.15) is 27.7 Å². The first kappa shape index (κ1) is 21.0. The molecule has 0 aromatic carbocycles. The third-order valence-electron chi connectivity index (χ3n) is 4.91. The molecule has 1 heterocycles. The summed E-state index contributed by atoms with van der Waals surface area (Å²) in [6.07, 6.45) is -3.46. The number of aliphatic hydroxyl groups is 4. The summed E-state index contributed by atoms with van der Waals surface area (Å²) in [7, 11) is 0. The normalized spacial score (nSPS) is 40.8. The number of carboxylic acid groups (broad SMARTS) is 1. The van der Waals surface area contributed by atoms with Crippen LogP contribution in [-0.4, -0.2) is 68.0 Å². The zero-order valence-electron chi connectivity index (χ0n) is 15.3. The van der Waals surface area contributed by atoms with E-state index < -0.39 is 48.4 Å². The molecule has 5 N–H and O–H groups in total. The zero-order chi connectivity index (χ0) is 19.8. The van der Waals surface area contributed by atoms with Crippen molar-refractivity contribution in [2.75, 3.05) is 0 Å². The molecule has 2 aliphatic rings. The third-order valence-corrected chi connectivity index (χ3v) is 4.91. The van der Waals surface area contributed by atoms with E-state index in [0.29, 0.717) is 5.57 Å². The number of aliphatic hydroxyl groups excluding tert-OH is 3. The number of carbonyl (C=O) groups is 1. The van der Waals surface area contributed by atoms with E-state index in [1.807, 2.05) is 33.8 Å². The molecule has 1 saturated heterocycles. The maximum absolute atomic E-state index is 11.4. The minimum atomic E-state index is -1.85. The lowest BCUT2D eigenvalue weighted by Gasteiger charge is -2.47. The summed E-state index contributed by atoms with van der Waals surface area (Å²) >= 11 is 0. The number of allylic oxidation sites excluding steroid dienone is 2. The van der Waals surface area contributed by atoms with Crippen molar-refractivity contribution in [2.24, 2.45) is 17.8 Å². The Morgan fingerprint density at radius 2 is 1.77 bits per heavy atom. The first-order valence-corrected chi connectivity index (χ1v) is 8.72. The average Bonchev–Trinajstić information content (AvgIpc) is 2.54. The summed E-state index contributed by atoms with van der Waals surface area (Å²) in [5, 5.41) is 50.5. The molecule has 2 rings (SSSR count). The first-order chi connectivity index (χ1) is 12.0. The maximum atomic E-state index is 11.4. The van der Waals surface area contributed by atoms with Gasteiger partial charge in [0.2, 0.25) is 0 Å². The second-order valence-electron chi connectivity index (χ2n) is 7.48. The lowest BCUT2D eigenvalue weighted by molar-refractivity contribution is -0.357. The minimum absolute atomic E-state index is 0.0368. The van der Waals surface area contributed by atoms with Crippen molar-refractivity contribution in [3.63, 3.8) is 0 Å². The van der Waals surface area contributed by atoms with Gasteiger partial charge in [0.25, 0.3) is 0 Å². The summed E-state index contributed by atoms with van der Waals surface area (Å²) in [6, 6.07) is 0. The van der Waals surface area contributed by atoms with Crippen molar-refractivity contribution in [2.45, 2.75) is 64.2 Å². The summed E-state index contributed by atoms with van der Waals surface area (Å²) in [6.45, 7) is 7.52. The highest BCUT2D eigenvalue weighted by atomic mass is 16.8. The van der Waals surface area contributed by atoms with Gasteiger partial charge in [-0.2, -0.15) is 0 Å². The van der Waals surface area contributed by atoms with Crippen LogP contribution in [0.3, 0.4) is 0 Å². The molecular formula is C18H28O8. The molecule has 0 saturated carbocycles. The molecule has 0 aromatic heterocycles. The lowest BCUT2D eigenvalue weighted by Crippen LogP contribution is -2.63. The van der Waals surface area contributed by atoms with Gasteiger partial charge in [-0.25, -0.2) is 4.79 Å². The molecule has 7 unspecified atom stereocenters. The van der Waals surface area contributed by atoms with Crippen LogP contribution in [-0.2, 0) is 14.3 Å². The predicted octanol–water partition coefficient (Wildman–Crippen LogP) is 0.00820. The van der Waals surface area contributed by atoms with Crippen molar-refractivity contribution in [3.05, 3.63) is 23.8 Å². The second kappa shape index (κ2) is 7.75. The highest BCUT2D eigenvalue weighted by Crippen LogP contribution is 2.42. The summed E-state index contributed by atoms with van der Waals surface area (Å²) < 4.78 is 10.9. The van der Waals surface area contributed by atoms with Gasteiger partial charge in [0.15, 0.2) is 18.2 Å². The van der Waals surface area contributed by atoms with E-state index >= 15 is 0 Å². The van der Waals surface area contributed by atoms with Crippen molar-refractivity contribution in [3.8, 4) is 0 Å². The molecule has 0 amide bonds. The molecule has 26 heavy (non-hydrogen) atoms. The van der Waals surface area contributed by atoms with Gasteiger partial charge >= 0.3 is 5.97 Å². The van der Waals surface area contributed by atoms with Gasteiger partial charge in [0.1, 0.15) is 18.3 Å². The molecule has 0 aromatic rings. The van der Waals surface area contributed by atoms with E-state index in [2.05, 4.69) is 0 Å². The van der Waals surface area contributed by atoms with Crippen LogP contribution >= 0.6 is 0 Å². The maximum Gasteiger partial charge on any atom is 0.335 e. The van der Waals surface area contributed by atoms with E-state index in [1.54, 1.807) is 12.2 Å². The molecule has 0 radical (unpaired) electrons. The van der Waals surface area contributed by atoms with E-state index in [1.165, 1.54) is 0 Å². The summed E-state index contributed by atoms with van der Waals surface area (Å²) in [4.78, 5) is 11.3. The Kier molecular flexibility index (Phi) is 6.27. The standard InChI is InChI=1S/C18H28O8/c1-8(2)10-6-5-7-11(9(3)4)18(10,24)26-17-14(21)12(19)13(20)15(25-17)16(22)23/h5-10,12-15,17,19-21,24H,1-4H3,(H,22,23). The molecule has 1 fully saturated rings. The van der Waals surface area contributed by atoms with Crippen molar-refractivity contribution >= 4 is 5.97 Å². The predicted molar refractivity (Wildman–Crippen MR) is 90.7 cm³/mol. The quantitative estimate of drug-likeness (QED) is 0.426. The molecule has 1 aliphatic carbocycles. The van der Waals surface area contributed by atoms with Gasteiger partial charge in [-0.05, 0) is 17.4 Å². The molecule has 8 nitrogen and oxygen atoms in total. The Morgan fingerprint density at radius 3 is 2.27 bits per heavy atom. The van der Waals surface area contributed by atoms with Crippen LogP contribution in [0.2, 0.25) is 0 Å². The largest absolute Gasteiger partial charge is 0.479 e. The number of hydrogen-bond donors (Lipinski definition) is 5. The Morgan fingerprint density at radius 1 is 1.15 bits per heavy atom. The van der Waals surface area contributed by atoms with Crippen LogP contribution in [0.5, 0.6) is 0 Å². The highest BCUT2D eigenvalue weighted by Gasteiger charge is 2.53. The monoisotopic (exact) mass is 372 g/mol. The Labute approximate surface area is 152 Å². The van der Waals surface area contributed by atoms with E-state index in [9.17, 15) is 25.2 Å². The zero-order valence-corrected chi connectivity index (χ0v) is 15.3. The van der Waals surface area contributed by atoms with Crippen LogP contribution < -0.4 is 0 Å². The van der Waals surface area contributed by atoms with Crippen LogP contribution in [0, 0.1) is 17.8 Å². The van der Waals surface area contributed by atoms with Crippen molar-refractivity contribution in [1.82, 2.24) is 0 Å². The number of ether oxygens (including phenoxy) is 2. The SMILES string of the molecule is CC(C)C1=CC=CC(C(C)C)C1(O)OC1OC(C(=O)O)C(O)C(O)C1O. The average molecular weight is 372 g/mol. The van der Waals surface area contributed by atoms with Crippen molar-refractivity contribution < 1.29 is 39.8 Å². The van der Waals surface area contributed by atoms with E-state index in [0.717, 1.165) is 0 Å². The topological polar surface area (TPSA) is 137 Å². The van der Waals surface area contributed by atoms with Crippen molar-refractivity contribution in [1.29, 1.82) is 0 Å². The first-order valence-electron chi connectivity index (χ1n) is 8.72. The van der Waals surface area contributed by atoms with E-state index in [-0.39, 0.29) is 11.8 Å². The fourth-order valence-electron chi connectivity index (χ4n) is 3.47. The molecule has 0 spiro atoms. The van der Waals surface area contributed by atoms with Gasteiger partial charge in [-0.1, -0.05) is 45.9 Å². The fraction of sp³-hybridized carbons (Fsp3) is 0.722. The van der Waals surface area contributed by atoms with E-state index in [4.69, 9.17) is 14.6 Å². The third kappa shape index (κ3) is 3.71. The second-order valence-corrected chi connectivity index (χ2v) is 7.48. The minimum Gasteiger partial charge on any atom is -0.479 e. The Bertz CT molecular complexity index is 584. The summed E-state index contributed by atoms with van der Waals surface area (Å²) in [5.41, 5.74) is 0.544. The number of carboxylic acids is 1. The molecule has 8 heteroatoms. The molecule has 0 bridgehead atoms. The van der Waals surface area contributed by atoms with Gasteiger partial charge in [0, 0.05) is 5.92 Å². The Hall–Kier alpha value is -1.29. The number of rotatable bonds is 5. The number of aliphatic carboxylic acids is 1. The molecule has 148 valence electrons. The molecule has 7 atom stereocenters. The molecular weight excluding hydrogens is 344 g/mol. The summed E-state index contributed by atoms with van der Waals surface area (Å²) in [5.74, 6) is -3.98. The lowest BCUT2D eigenvalue weighted by atomic mass is 9.76. The van der Waals surface area contributed by atoms with Crippen LogP contribution in [0.15, 0.2) is 23.8 Å². The van der Waals surface area contributed by atoms with Gasteiger partial charge in [-0.3, -0.25) is 0 Å². The Balaban J connectivity index is 2.36. The van der Waals surface area contributed by atoms with Gasteiger partial charge < -0.3 is 35.0 Å².